The largest absolute Gasteiger partial charge is 0.344 e. The van der Waals surface area contributed by atoms with Gasteiger partial charge in [0.1, 0.15) is 0 Å². The van der Waals surface area contributed by atoms with Crippen LogP contribution in [0, 0.1) is 0 Å². The first-order valence-corrected chi connectivity index (χ1v) is 0. The zero-order valence-corrected chi connectivity index (χ0v) is 5.03. The SMILES string of the molecule is Cl.Cl.N.[Pd]. The topological polar surface area (TPSA) is 35.0 Å². The summed E-state index contributed by atoms with van der Waals surface area (Å²) >= 11 is 0. The van der Waals surface area contributed by atoms with Gasteiger partial charge in [-0.05, 0) is 0 Å². The van der Waals surface area contributed by atoms with Gasteiger partial charge in [0.05, 0.1) is 0 Å². The average Bonchev–Trinajstić information content (AvgIpc) is 0. The molecule has 0 rings (SSSR count). The second kappa shape index (κ2) is 29.8. The van der Waals surface area contributed by atoms with Gasteiger partial charge in [-0.1, -0.05) is 0 Å². The van der Waals surface area contributed by atoms with Crippen LogP contribution in [-0.4, -0.2) is 0 Å². The Balaban J connectivity index is 0. The summed E-state index contributed by atoms with van der Waals surface area (Å²) in [7, 11) is 0. The molecule has 0 aliphatic carbocycles. The molecule has 0 bridgehead atoms. The molecule has 0 aliphatic heterocycles. The molecule has 34 valence electrons. The van der Waals surface area contributed by atoms with Crippen LogP contribution in [0.3, 0.4) is 0 Å². The van der Waals surface area contributed by atoms with Crippen molar-refractivity contribution in [3.63, 3.8) is 0 Å². The Kier molecular flexibility index (Phi) is 474. The Labute approximate surface area is 51.6 Å². The van der Waals surface area contributed by atoms with Gasteiger partial charge < -0.3 is 6.15 Å². The molecule has 0 aliphatic rings. The van der Waals surface area contributed by atoms with Gasteiger partial charge in [-0.25, -0.2) is 0 Å². The molecule has 0 spiro atoms. The van der Waals surface area contributed by atoms with Crippen molar-refractivity contribution >= 4 is 24.8 Å². The maximum atomic E-state index is 0. The predicted octanol–water partition coefficient (Wildman–Crippen LogP) is 1.00. The number of hydrogen-bond donors (Lipinski definition) is 1. The molecule has 0 unspecified atom stereocenters. The van der Waals surface area contributed by atoms with Gasteiger partial charge in [0.25, 0.3) is 0 Å². The van der Waals surface area contributed by atoms with E-state index in [4.69, 9.17) is 0 Å². The van der Waals surface area contributed by atoms with Gasteiger partial charge in [-0.3, -0.25) is 0 Å². The molecule has 3 N–H and O–H groups in total. The molecule has 0 aromatic rings. The fraction of sp³-hybridized carbons (Fsp3) is 0. The zero-order chi connectivity index (χ0) is 0. The van der Waals surface area contributed by atoms with Crippen molar-refractivity contribution in [3.05, 3.63) is 0 Å². The standard InChI is InChI=1S/2ClH.H3N.Pd/h2*1H;1H3;. The normalized spacial score (nSPS) is 0. The van der Waals surface area contributed by atoms with Gasteiger partial charge >= 0.3 is 0 Å². The molecular weight excluding hydrogens is 191 g/mol. The predicted molar refractivity (Wildman–Crippen MR) is 19.5 cm³/mol. The minimum atomic E-state index is 0. The Morgan fingerprint density at radius 2 is 0.750 bits per heavy atom. The van der Waals surface area contributed by atoms with Crippen molar-refractivity contribution < 1.29 is 20.4 Å². The van der Waals surface area contributed by atoms with E-state index in [0.29, 0.717) is 0 Å². The first kappa shape index (κ1) is 63.6. The second-order valence-electron chi connectivity index (χ2n) is 0. The van der Waals surface area contributed by atoms with Gasteiger partial charge in [-0.15, -0.1) is 24.8 Å². The van der Waals surface area contributed by atoms with E-state index in [0.717, 1.165) is 0 Å². The van der Waals surface area contributed by atoms with Crippen molar-refractivity contribution in [2.24, 2.45) is 0 Å². The zero-order valence-electron chi connectivity index (χ0n) is 1.84. The molecule has 0 heterocycles. The van der Waals surface area contributed by atoms with Crippen LogP contribution in [0.1, 0.15) is 0 Å². The van der Waals surface area contributed by atoms with E-state index in [2.05, 4.69) is 0 Å². The fourth-order valence-corrected chi connectivity index (χ4v) is 0. The molecule has 1 nitrogen and oxygen atoms in total. The smallest absolute Gasteiger partial charge is 0 e. The molecule has 4 heteroatoms. The third-order valence-electron chi connectivity index (χ3n) is 0. The van der Waals surface area contributed by atoms with Crippen LogP contribution in [0.25, 0.3) is 0 Å². The van der Waals surface area contributed by atoms with Crippen LogP contribution < -0.4 is 6.15 Å². The summed E-state index contributed by atoms with van der Waals surface area (Å²) in [6, 6.07) is 0. The van der Waals surface area contributed by atoms with Crippen LogP contribution in [0.2, 0.25) is 0 Å². The molecule has 0 radical (unpaired) electrons. The maximum absolute atomic E-state index is 0. The first-order chi connectivity index (χ1) is 0. The molecule has 0 atom stereocenters. The second-order valence-corrected chi connectivity index (χ2v) is 0. The molecule has 0 saturated carbocycles. The van der Waals surface area contributed by atoms with Crippen molar-refractivity contribution in [1.29, 1.82) is 0 Å². The van der Waals surface area contributed by atoms with Gasteiger partial charge in [0.15, 0.2) is 0 Å². The Hall–Kier alpha value is 1.20. The summed E-state index contributed by atoms with van der Waals surface area (Å²) < 4.78 is 0. The van der Waals surface area contributed by atoms with E-state index in [1.807, 2.05) is 0 Å². The number of hydrogen-bond acceptors (Lipinski definition) is 1. The van der Waals surface area contributed by atoms with Crippen LogP contribution in [0.4, 0.5) is 0 Å². The van der Waals surface area contributed by atoms with Gasteiger partial charge in [0.2, 0.25) is 0 Å². The summed E-state index contributed by atoms with van der Waals surface area (Å²) in [4.78, 5) is 0. The average molecular weight is 196 g/mol. The van der Waals surface area contributed by atoms with Gasteiger partial charge in [-0.2, -0.15) is 0 Å². The molecule has 0 amide bonds. The summed E-state index contributed by atoms with van der Waals surface area (Å²) in [6.45, 7) is 0. The van der Waals surface area contributed by atoms with E-state index in [1.54, 1.807) is 0 Å². The summed E-state index contributed by atoms with van der Waals surface area (Å²) in [5, 5.41) is 0. The van der Waals surface area contributed by atoms with Crippen LogP contribution >= 0.6 is 24.8 Å². The van der Waals surface area contributed by atoms with E-state index >= 15 is 0 Å². The summed E-state index contributed by atoms with van der Waals surface area (Å²) in [5.41, 5.74) is 0. The van der Waals surface area contributed by atoms with Crippen LogP contribution in [0.15, 0.2) is 0 Å². The van der Waals surface area contributed by atoms with E-state index in [-0.39, 0.29) is 51.4 Å². The van der Waals surface area contributed by atoms with E-state index < -0.39 is 0 Å². The monoisotopic (exact) mass is 195 g/mol. The number of halogens is 2. The third-order valence-corrected chi connectivity index (χ3v) is 0. The van der Waals surface area contributed by atoms with E-state index in [1.165, 1.54) is 0 Å². The third kappa shape index (κ3) is 10.7. The van der Waals surface area contributed by atoms with Crippen molar-refractivity contribution in [1.82, 2.24) is 6.15 Å². The molecule has 4 heavy (non-hydrogen) atoms. The minimum absolute atomic E-state index is 0. The molecule has 0 aromatic carbocycles. The summed E-state index contributed by atoms with van der Waals surface area (Å²) in [6.07, 6.45) is 0. The van der Waals surface area contributed by atoms with Crippen molar-refractivity contribution in [2.45, 2.75) is 0 Å². The van der Waals surface area contributed by atoms with Crippen LogP contribution in [-0.2, 0) is 20.4 Å². The minimum Gasteiger partial charge on any atom is -0.344 e. The maximum Gasteiger partial charge on any atom is 0 e. The Morgan fingerprint density at radius 3 is 0.750 bits per heavy atom. The van der Waals surface area contributed by atoms with Crippen molar-refractivity contribution in [3.8, 4) is 0 Å². The van der Waals surface area contributed by atoms with Gasteiger partial charge in [0, 0.05) is 20.4 Å². The molecule has 0 saturated heterocycles. The molecular formula is H5Cl2NPd. The first-order valence-electron chi connectivity index (χ1n) is 0. The van der Waals surface area contributed by atoms with E-state index in [9.17, 15) is 0 Å². The fourth-order valence-electron chi connectivity index (χ4n) is 0. The Morgan fingerprint density at radius 1 is 0.750 bits per heavy atom. The Bertz CT molecular complexity index is 6.00. The van der Waals surface area contributed by atoms with Crippen LogP contribution in [0.5, 0.6) is 0 Å². The molecule has 0 fully saturated rings. The summed E-state index contributed by atoms with van der Waals surface area (Å²) in [5.74, 6) is 0. The quantitative estimate of drug-likeness (QED) is 0.577. The van der Waals surface area contributed by atoms with Crippen molar-refractivity contribution in [2.75, 3.05) is 0 Å². The number of rotatable bonds is 0. The molecule has 0 aromatic heterocycles.